The van der Waals surface area contributed by atoms with Gasteiger partial charge in [0.15, 0.2) is 0 Å². The Bertz CT molecular complexity index is 1380. The average Bonchev–Trinajstić information content (AvgIpc) is 2.86. The molecule has 1 atom stereocenters. The van der Waals surface area contributed by atoms with Gasteiger partial charge < -0.3 is 10.2 Å². The van der Waals surface area contributed by atoms with Crippen molar-refractivity contribution in [1.82, 2.24) is 5.32 Å². The fourth-order valence-corrected chi connectivity index (χ4v) is 4.78. The third-order valence-electron chi connectivity index (χ3n) is 7.54. The summed E-state index contributed by atoms with van der Waals surface area (Å²) < 4.78 is 41.3. The quantitative estimate of drug-likeness (QED) is 0.218. The Morgan fingerprint density at radius 2 is 1.53 bits per heavy atom. The molecule has 3 aromatic rings. The third-order valence-corrected chi connectivity index (χ3v) is 7.54. The molecule has 0 radical (unpaired) electrons. The molecule has 0 aliphatic rings. The van der Waals surface area contributed by atoms with E-state index in [1.54, 1.807) is 6.08 Å². The van der Waals surface area contributed by atoms with Crippen molar-refractivity contribution >= 4 is 84.7 Å². The molecule has 192 valence electrons. The van der Waals surface area contributed by atoms with Gasteiger partial charge in [0.25, 0.3) is 0 Å². The smallest absolute Gasteiger partial charge is 0.416 e. The van der Waals surface area contributed by atoms with E-state index < -0.39 is 30.4 Å². The number of hydrogen-bond acceptors (Lipinski definition) is 3. The van der Waals surface area contributed by atoms with Gasteiger partial charge in [0.2, 0.25) is 0 Å². The maximum Gasteiger partial charge on any atom is 0.416 e. The van der Waals surface area contributed by atoms with Crippen LogP contribution in [0.2, 0.25) is 0 Å². The van der Waals surface area contributed by atoms with Crippen LogP contribution in [0.25, 0.3) is 23.3 Å². The van der Waals surface area contributed by atoms with E-state index in [4.69, 9.17) is 5.11 Å². The fraction of sp³-hybridized carbons (Fsp3) is 0.192. The zero-order chi connectivity index (χ0) is 28.4. The monoisotopic (exact) mass is 515 g/mol. The molecule has 0 aromatic heterocycles. The summed E-state index contributed by atoms with van der Waals surface area (Å²) in [5, 5.41) is 20.9. The van der Waals surface area contributed by atoms with E-state index in [-0.39, 0.29) is 12.1 Å². The van der Waals surface area contributed by atoms with Gasteiger partial charge in [0, 0.05) is 6.54 Å². The molecule has 12 heteroatoms. The lowest BCUT2D eigenvalue weighted by Gasteiger charge is -2.22. The molecule has 3 N–H and O–H groups in total. The standard InChI is InChI=1S/C26H29B5F3NO3/c1-12-14(3-2-4-16(12)19-20(27)22(29)24(31)23(30)21(19)28)6-7-15-9-13(5-8-17(15)26(32,33)34)10-35-18(11-36)25(37)38/h2-9,18,35-36H,10-11,27-31H2,1H3,(H,37,38)/b7-6+. The van der Waals surface area contributed by atoms with E-state index in [0.29, 0.717) is 5.56 Å². The summed E-state index contributed by atoms with van der Waals surface area (Å²) in [6.07, 6.45) is -1.42. The molecule has 0 amide bonds. The van der Waals surface area contributed by atoms with Gasteiger partial charge in [-0.15, -0.1) is 16.4 Å². The van der Waals surface area contributed by atoms with Crippen molar-refractivity contribution in [2.24, 2.45) is 0 Å². The molecule has 0 fully saturated rings. The molecular formula is C26H29B5F3NO3. The first kappa shape index (κ1) is 29.5. The molecule has 0 saturated heterocycles. The number of alkyl halides is 3. The molecule has 38 heavy (non-hydrogen) atoms. The van der Waals surface area contributed by atoms with Crippen molar-refractivity contribution in [3.05, 3.63) is 64.2 Å². The topological polar surface area (TPSA) is 69.6 Å². The number of carbonyl (C=O) groups is 1. The molecule has 0 bridgehead atoms. The predicted molar refractivity (Wildman–Crippen MR) is 163 cm³/mol. The Balaban J connectivity index is 2.05. The number of aliphatic hydroxyl groups is 1. The maximum absolute atomic E-state index is 13.8. The summed E-state index contributed by atoms with van der Waals surface area (Å²) in [6.45, 7) is 1.34. The van der Waals surface area contributed by atoms with Crippen LogP contribution in [0.4, 0.5) is 13.2 Å². The third kappa shape index (κ3) is 6.13. The van der Waals surface area contributed by atoms with E-state index in [0.717, 1.165) is 28.3 Å². The summed E-state index contributed by atoms with van der Waals surface area (Å²) in [6, 6.07) is 8.33. The van der Waals surface area contributed by atoms with Gasteiger partial charge in [-0.1, -0.05) is 47.3 Å². The van der Waals surface area contributed by atoms with Crippen LogP contribution in [0.5, 0.6) is 0 Å². The van der Waals surface area contributed by atoms with Crippen molar-refractivity contribution in [3.8, 4) is 11.1 Å². The molecule has 0 saturated carbocycles. The van der Waals surface area contributed by atoms with E-state index in [9.17, 15) is 23.1 Å². The highest BCUT2D eigenvalue weighted by Crippen LogP contribution is 2.34. The molecule has 0 aliphatic carbocycles. The van der Waals surface area contributed by atoms with Crippen molar-refractivity contribution in [2.75, 3.05) is 6.61 Å². The summed E-state index contributed by atoms with van der Waals surface area (Å²) in [7, 11) is 10.5. The number of nitrogens with one attached hydrogen (secondary N) is 1. The highest BCUT2D eigenvalue weighted by atomic mass is 19.4. The molecule has 1 unspecified atom stereocenters. The van der Waals surface area contributed by atoms with Gasteiger partial charge in [-0.05, 0) is 52.4 Å². The first-order chi connectivity index (χ1) is 17.8. The largest absolute Gasteiger partial charge is 0.480 e. The molecule has 0 spiro atoms. The second kappa shape index (κ2) is 11.7. The molecule has 3 rings (SSSR count). The number of aliphatic carboxylic acids is 1. The SMILES string of the molecule is Bc1c(B)c(B)c(-c2cccc(/C=C/c3cc(CNC(CO)C(=O)O)ccc3C(F)(F)F)c2C)c(B)c1B. The Morgan fingerprint density at radius 3 is 2.08 bits per heavy atom. The second-order valence-electron chi connectivity index (χ2n) is 9.73. The van der Waals surface area contributed by atoms with E-state index >= 15 is 0 Å². The summed E-state index contributed by atoms with van der Waals surface area (Å²) >= 11 is 0. The maximum atomic E-state index is 13.8. The number of benzene rings is 3. The lowest BCUT2D eigenvalue weighted by atomic mass is 9.59. The minimum atomic E-state index is -4.55. The predicted octanol–water partition coefficient (Wildman–Crippen LogP) is -3.32. The number of aliphatic hydroxyl groups excluding tert-OH is 1. The van der Waals surface area contributed by atoms with Crippen molar-refractivity contribution in [2.45, 2.75) is 25.7 Å². The summed E-state index contributed by atoms with van der Waals surface area (Å²) in [4.78, 5) is 11.1. The Hall–Kier alpha value is -3.10. The molecule has 0 aliphatic heterocycles. The Kier molecular flexibility index (Phi) is 9.11. The van der Waals surface area contributed by atoms with Crippen LogP contribution < -0.4 is 32.6 Å². The Labute approximate surface area is 225 Å². The Morgan fingerprint density at radius 1 is 0.947 bits per heavy atom. The normalized spacial score (nSPS) is 12.7. The van der Waals surface area contributed by atoms with Gasteiger partial charge in [-0.3, -0.25) is 10.1 Å². The van der Waals surface area contributed by atoms with Crippen molar-refractivity contribution < 1.29 is 28.2 Å². The van der Waals surface area contributed by atoms with E-state index in [1.165, 1.54) is 45.5 Å². The van der Waals surface area contributed by atoms with Crippen LogP contribution in [0.15, 0.2) is 36.4 Å². The van der Waals surface area contributed by atoms with Gasteiger partial charge >= 0.3 is 12.1 Å². The molecule has 3 aromatic carbocycles. The van der Waals surface area contributed by atoms with E-state index in [2.05, 4.69) is 44.5 Å². The molecule has 4 nitrogen and oxygen atoms in total. The van der Waals surface area contributed by atoms with Gasteiger partial charge in [-0.2, -0.15) is 13.2 Å². The van der Waals surface area contributed by atoms with Gasteiger partial charge in [0.05, 0.1) is 12.2 Å². The van der Waals surface area contributed by atoms with E-state index in [1.807, 2.05) is 25.1 Å². The summed E-state index contributed by atoms with van der Waals surface area (Å²) in [5.41, 5.74) is 9.76. The first-order valence-electron chi connectivity index (χ1n) is 12.4. The number of carboxylic acid groups (broad SMARTS) is 1. The first-order valence-corrected chi connectivity index (χ1v) is 12.4. The zero-order valence-electron chi connectivity index (χ0n) is 22.5. The zero-order valence-corrected chi connectivity index (χ0v) is 22.5. The van der Waals surface area contributed by atoms with Crippen LogP contribution in [-0.4, -0.2) is 68.1 Å². The van der Waals surface area contributed by atoms with Gasteiger partial charge in [0.1, 0.15) is 45.3 Å². The van der Waals surface area contributed by atoms with Crippen LogP contribution in [-0.2, 0) is 17.5 Å². The van der Waals surface area contributed by atoms with Crippen molar-refractivity contribution in [3.63, 3.8) is 0 Å². The highest BCUT2D eigenvalue weighted by molar-refractivity contribution is 6.68. The lowest BCUT2D eigenvalue weighted by molar-refractivity contribution is -0.140. The van der Waals surface area contributed by atoms with Crippen molar-refractivity contribution in [1.29, 1.82) is 0 Å². The second-order valence-corrected chi connectivity index (χ2v) is 9.73. The fourth-order valence-electron chi connectivity index (χ4n) is 4.78. The number of rotatable bonds is 8. The number of carboxylic acids is 1. The number of hydrogen-bond donors (Lipinski definition) is 3. The van der Waals surface area contributed by atoms with Crippen LogP contribution in [0.3, 0.4) is 0 Å². The average molecular weight is 515 g/mol. The van der Waals surface area contributed by atoms with Crippen LogP contribution in [0.1, 0.15) is 27.8 Å². The minimum Gasteiger partial charge on any atom is -0.480 e. The minimum absolute atomic E-state index is 0.00427. The number of halogens is 3. The van der Waals surface area contributed by atoms with Crippen LogP contribution in [0, 0.1) is 6.92 Å². The molecule has 0 heterocycles. The molecular weight excluding hydrogens is 485 g/mol. The van der Waals surface area contributed by atoms with Crippen LogP contribution >= 0.6 is 0 Å². The van der Waals surface area contributed by atoms with Gasteiger partial charge in [-0.25, -0.2) is 0 Å². The lowest BCUT2D eigenvalue weighted by Crippen LogP contribution is -2.55. The highest BCUT2D eigenvalue weighted by Gasteiger charge is 2.32. The summed E-state index contributed by atoms with van der Waals surface area (Å²) in [5.74, 6) is -1.24.